The number of phenols is 1. The van der Waals surface area contributed by atoms with Gasteiger partial charge in [0.25, 0.3) is 0 Å². The van der Waals surface area contributed by atoms with E-state index in [-0.39, 0.29) is 35.6 Å². The zero-order valence-corrected chi connectivity index (χ0v) is 12.3. The van der Waals surface area contributed by atoms with E-state index in [0.717, 1.165) is 24.0 Å². The Balaban J connectivity index is 1.77. The second kappa shape index (κ2) is 4.47. The number of phenolic OH excluding ortho intramolecular Hbond substituents is 1. The van der Waals surface area contributed by atoms with Gasteiger partial charge in [0.2, 0.25) is 0 Å². The van der Waals surface area contributed by atoms with Gasteiger partial charge in [-0.05, 0) is 78.5 Å². The number of rotatable bonds is 0. The summed E-state index contributed by atoms with van der Waals surface area (Å²) in [6, 6.07) is 1.77. The summed E-state index contributed by atoms with van der Waals surface area (Å²) in [6.07, 6.45) is 0.544. The molecule has 3 heteroatoms. The van der Waals surface area contributed by atoms with Crippen molar-refractivity contribution in [2.24, 2.45) is 17.3 Å². The van der Waals surface area contributed by atoms with E-state index in [2.05, 4.69) is 0 Å². The first-order valence-corrected chi connectivity index (χ1v) is 7.91. The van der Waals surface area contributed by atoms with E-state index < -0.39 is 17.6 Å². The van der Waals surface area contributed by atoms with Crippen molar-refractivity contribution < 1.29 is 19.4 Å². The Morgan fingerprint density at radius 1 is 1.38 bits per heavy atom. The van der Waals surface area contributed by atoms with E-state index in [1.165, 1.54) is 0 Å². The molecule has 6 atom stereocenters. The average Bonchev–Trinajstić information content (AvgIpc) is 2.72. The molecule has 6 unspecified atom stereocenters. The molecule has 2 fully saturated rings. The molecule has 1 aromatic carbocycles. The van der Waals surface area contributed by atoms with Gasteiger partial charge in [-0.15, -0.1) is 0 Å². The summed E-state index contributed by atoms with van der Waals surface area (Å²) in [6.45, 7) is 1.93. The first-order valence-electron chi connectivity index (χ1n) is 9.41. The molecule has 0 aromatic heterocycles. The molecule has 4 rings (SSSR count). The summed E-state index contributed by atoms with van der Waals surface area (Å²) in [4.78, 5) is 0. The van der Waals surface area contributed by atoms with Crippen LogP contribution in [0, 0.1) is 17.3 Å². The van der Waals surface area contributed by atoms with E-state index >= 15 is 0 Å². The second-order valence-corrected chi connectivity index (χ2v) is 7.20. The lowest BCUT2D eigenvalue weighted by molar-refractivity contribution is -0.0505. The zero-order chi connectivity index (χ0) is 17.4. The zero-order valence-electron chi connectivity index (χ0n) is 15.3. The van der Waals surface area contributed by atoms with Crippen LogP contribution in [0.3, 0.4) is 0 Å². The first kappa shape index (κ1) is 10.6. The molecule has 0 heterocycles. The quantitative estimate of drug-likeness (QED) is 0.688. The highest BCUT2D eigenvalue weighted by atomic mass is 16.3. The summed E-state index contributed by atoms with van der Waals surface area (Å²) >= 11 is 0. The molecular formula is C18H24O3. The molecule has 21 heavy (non-hydrogen) atoms. The van der Waals surface area contributed by atoms with Crippen LogP contribution in [0.1, 0.15) is 53.8 Å². The van der Waals surface area contributed by atoms with Crippen LogP contribution in [0.15, 0.2) is 18.2 Å². The van der Waals surface area contributed by atoms with Crippen molar-refractivity contribution in [1.82, 2.24) is 0 Å². The Morgan fingerprint density at radius 2 is 2.19 bits per heavy atom. The fourth-order valence-corrected chi connectivity index (χ4v) is 5.22. The Morgan fingerprint density at radius 3 is 3.00 bits per heavy atom. The van der Waals surface area contributed by atoms with Gasteiger partial charge in [0.1, 0.15) is 5.75 Å². The molecule has 114 valence electrons. The van der Waals surface area contributed by atoms with Crippen LogP contribution in [-0.4, -0.2) is 27.5 Å². The SMILES string of the molecule is [2H]c1cc2c(c([2H])c1O)CCC1C2CCC2(C)C1CC(O)C2([2H])O. The molecule has 0 spiro atoms. The number of aliphatic hydroxyl groups excluding tert-OH is 1. The summed E-state index contributed by atoms with van der Waals surface area (Å²) in [5.41, 5.74) is 1.21. The third kappa shape index (κ3) is 1.80. The molecule has 0 amide bonds. The summed E-state index contributed by atoms with van der Waals surface area (Å²) < 4.78 is 24.3. The maximum Gasteiger partial charge on any atom is 0.115 e. The maximum absolute atomic E-state index is 10.6. The topological polar surface area (TPSA) is 60.7 Å². The van der Waals surface area contributed by atoms with Gasteiger partial charge in [-0.3, -0.25) is 0 Å². The Hall–Kier alpha value is -1.06. The van der Waals surface area contributed by atoms with Crippen molar-refractivity contribution in [2.75, 3.05) is 0 Å². The minimum Gasteiger partial charge on any atom is -0.508 e. The fourth-order valence-electron chi connectivity index (χ4n) is 5.22. The molecule has 3 N–H and O–H groups in total. The second-order valence-electron chi connectivity index (χ2n) is 7.20. The van der Waals surface area contributed by atoms with Gasteiger partial charge in [0, 0.05) is 0 Å². The van der Waals surface area contributed by atoms with Gasteiger partial charge in [0.15, 0.2) is 0 Å². The van der Waals surface area contributed by atoms with Gasteiger partial charge in [-0.1, -0.05) is 13.0 Å². The number of aliphatic hydroxyl groups is 2. The van der Waals surface area contributed by atoms with Crippen molar-refractivity contribution >= 4 is 0 Å². The number of fused-ring (bicyclic) bond motifs is 5. The molecule has 3 aliphatic carbocycles. The first-order chi connectivity index (χ1) is 11.2. The van der Waals surface area contributed by atoms with E-state index in [4.69, 9.17) is 4.11 Å². The number of hydrogen-bond acceptors (Lipinski definition) is 3. The smallest absolute Gasteiger partial charge is 0.115 e. The van der Waals surface area contributed by atoms with Crippen LogP contribution in [0.25, 0.3) is 0 Å². The summed E-state index contributed by atoms with van der Waals surface area (Å²) in [7, 11) is 0. The lowest BCUT2D eigenvalue weighted by atomic mass is 9.55. The van der Waals surface area contributed by atoms with Crippen molar-refractivity contribution in [3.63, 3.8) is 0 Å². The third-order valence-electron chi connectivity index (χ3n) is 6.31. The Bertz CT molecular complexity index is 705. The number of aromatic hydroxyl groups is 1. The number of hydrogen-bond donors (Lipinski definition) is 3. The molecular weight excluding hydrogens is 264 g/mol. The molecule has 3 aliphatic rings. The molecule has 0 radical (unpaired) electrons. The van der Waals surface area contributed by atoms with Gasteiger partial charge in [-0.2, -0.15) is 0 Å². The van der Waals surface area contributed by atoms with E-state index in [0.29, 0.717) is 19.3 Å². The average molecular weight is 291 g/mol. The predicted octanol–water partition coefficient (Wildman–Crippen LogP) is 2.58. The largest absolute Gasteiger partial charge is 0.508 e. The standard InChI is InChI=1S/C18H24O3/c1-18-7-6-13-12-5-3-11(19)8-10(12)2-4-14(13)15(18)9-16(20)17(18)21/h3,5,8,13-17,19-21H,2,4,6-7,9H2,1H3/i3D,8D,17D. The van der Waals surface area contributed by atoms with Crippen molar-refractivity contribution in [2.45, 2.75) is 57.1 Å². The van der Waals surface area contributed by atoms with Crippen LogP contribution in [0.5, 0.6) is 5.75 Å². The summed E-state index contributed by atoms with van der Waals surface area (Å²) in [5, 5.41) is 30.7. The van der Waals surface area contributed by atoms with Gasteiger partial charge >= 0.3 is 0 Å². The molecule has 0 saturated heterocycles. The molecule has 0 bridgehead atoms. The Kier molecular flexibility index (Phi) is 2.26. The fraction of sp³-hybridized carbons (Fsp3) is 0.667. The molecule has 3 nitrogen and oxygen atoms in total. The predicted molar refractivity (Wildman–Crippen MR) is 80.1 cm³/mol. The molecule has 2 saturated carbocycles. The highest BCUT2D eigenvalue weighted by molar-refractivity contribution is 5.40. The van der Waals surface area contributed by atoms with Crippen LogP contribution in [-0.2, 0) is 6.42 Å². The highest BCUT2D eigenvalue weighted by Crippen LogP contribution is 2.60. The normalized spacial score (nSPS) is 50.3. The Labute approximate surface area is 129 Å². The van der Waals surface area contributed by atoms with Gasteiger partial charge < -0.3 is 15.3 Å². The highest BCUT2D eigenvalue weighted by Gasteiger charge is 2.57. The van der Waals surface area contributed by atoms with Crippen LogP contribution in [0.2, 0.25) is 0 Å². The minimum absolute atomic E-state index is 0.00353. The monoisotopic (exact) mass is 291 g/mol. The number of benzene rings is 1. The van der Waals surface area contributed by atoms with Crippen molar-refractivity contribution in [3.05, 3.63) is 29.3 Å². The summed E-state index contributed by atoms with van der Waals surface area (Å²) in [5.74, 6) is 0.249. The maximum atomic E-state index is 10.6. The van der Waals surface area contributed by atoms with Crippen LogP contribution >= 0.6 is 0 Å². The molecule has 1 aromatic rings. The van der Waals surface area contributed by atoms with Gasteiger partial charge in [0.05, 0.1) is 16.3 Å². The van der Waals surface area contributed by atoms with Crippen molar-refractivity contribution in [1.29, 1.82) is 0 Å². The lowest BCUT2D eigenvalue weighted by Gasteiger charge is -2.49. The van der Waals surface area contributed by atoms with Crippen LogP contribution in [0.4, 0.5) is 0 Å². The lowest BCUT2D eigenvalue weighted by Crippen LogP contribution is -2.44. The van der Waals surface area contributed by atoms with E-state index in [1.54, 1.807) is 6.07 Å². The van der Waals surface area contributed by atoms with Crippen molar-refractivity contribution in [3.8, 4) is 5.75 Å². The van der Waals surface area contributed by atoms with E-state index in [9.17, 15) is 15.3 Å². The van der Waals surface area contributed by atoms with E-state index in [1.807, 2.05) is 6.92 Å². The third-order valence-corrected chi connectivity index (χ3v) is 6.31. The minimum atomic E-state index is -1.81. The molecule has 0 aliphatic heterocycles. The van der Waals surface area contributed by atoms with Crippen LogP contribution < -0.4 is 0 Å². The van der Waals surface area contributed by atoms with Gasteiger partial charge in [-0.25, -0.2) is 0 Å².